The molecule has 0 spiro atoms. The lowest BCUT2D eigenvalue weighted by molar-refractivity contribution is -0.141. The van der Waals surface area contributed by atoms with E-state index in [2.05, 4.69) is 14.8 Å². The Morgan fingerprint density at radius 2 is 1.55 bits per heavy atom. The van der Waals surface area contributed by atoms with E-state index in [1.807, 2.05) is 0 Å². The van der Waals surface area contributed by atoms with Crippen molar-refractivity contribution in [1.29, 1.82) is 5.26 Å². The van der Waals surface area contributed by atoms with Gasteiger partial charge < -0.3 is 15.2 Å². The van der Waals surface area contributed by atoms with Crippen molar-refractivity contribution in [2.75, 3.05) is 18.9 Å². The van der Waals surface area contributed by atoms with Gasteiger partial charge in [-0.15, -0.1) is 5.10 Å². The van der Waals surface area contributed by atoms with Crippen molar-refractivity contribution < 1.29 is 27.8 Å². The molecule has 2 N–H and O–H groups in total. The first-order valence-electron chi connectivity index (χ1n) is 9.69. The molecule has 0 amide bonds. The fraction of sp³-hybridized carbons (Fsp3) is 0.227. The van der Waals surface area contributed by atoms with Gasteiger partial charge in [0, 0.05) is 5.69 Å². The zero-order chi connectivity index (χ0) is 24.6. The highest BCUT2D eigenvalue weighted by Gasteiger charge is 2.12. The molecule has 0 aliphatic rings. The van der Waals surface area contributed by atoms with Gasteiger partial charge in [0.25, 0.3) is 5.82 Å². The van der Waals surface area contributed by atoms with Gasteiger partial charge in [0.05, 0.1) is 25.0 Å². The molecule has 0 aliphatic carbocycles. The maximum Gasteiger partial charge on any atom is 0.378 e. The minimum atomic E-state index is -0.576. The van der Waals surface area contributed by atoms with Gasteiger partial charge in [-0.25, -0.2) is 23.2 Å². The van der Waals surface area contributed by atoms with Gasteiger partial charge in [-0.1, -0.05) is 0 Å². The lowest BCUT2D eigenvalue weighted by atomic mass is 10.3. The zero-order valence-electron chi connectivity index (χ0n) is 18.1. The van der Waals surface area contributed by atoms with Crippen molar-refractivity contribution >= 4 is 17.6 Å². The molecule has 0 unspecified atom stereocenters. The summed E-state index contributed by atoms with van der Waals surface area (Å²) in [5, 5.41) is 11.8. The Kier molecular flexibility index (Phi) is 11.8. The lowest BCUT2D eigenvalue weighted by Crippen LogP contribution is -2.07. The average molecular weight is 459 g/mol. The van der Waals surface area contributed by atoms with E-state index >= 15 is 0 Å². The third-order valence-corrected chi connectivity index (χ3v) is 3.44. The monoisotopic (exact) mass is 459 g/mol. The molecule has 0 aliphatic heterocycles. The van der Waals surface area contributed by atoms with Crippen molar-refractivity contribution in [2.45, 2.75) is 20.3 Å². The molecule has 9 nitrogen and oxygen atoms in total. The second-order valence-corrected chi connectivity index (χ2v) is 5.90. The second-order valence-electron chi connectivity index (χ2n) is 5.90. The number of esters is 2. The summed E-state index contributed by atoms with van der Waals surface area (Å²) in [6.45, 7) is 4.02. The number of hydrogen-bond donors (Lipinski definition) is 1. The molecular weight excluding hydrogens is 436 g/mol. The Hall–Kier alpha value is -4.33. The number of nitrogens with zero attached hydrogens (tertiary/aromatic N) is 4. The summed E-state index contributed by atoms with van der Waals surface area (Å²) in [4.78, 5) is 25.3. The minimum Gasteiger partial charge on any atom is -0.465 e. The van der Waals surface area contributed by atoms with Crippen molar-refractivity contribution in [3.8, 4) is 11.8 Å². The van der Waals surface area contributed by atoms with Crippen LogP contribution in [0.2, 0.25) is 0 Å². The number of benzene rings is 2. The van der Waals surface area contributed by atoms with Crippen LogP contribution >= 0.6 is 0 Å². The van der Waals surface area contributed by atoms with Crippen molar-refractivity contribution in [3.05, 3.63) is 72.3 Å². The Balaban J connectivity index is 0.000000285. The molecule has 1 aromatic heterocycles. The van der Waals surface area contributed by atoms with Crippen LogP contribution in [0.3, 0.4) is 0 Å². The van der Waals surface area contributed by atoms with Gasteiger partial charge in [-0.2, -0.15) is 5.26 Å². The predicted molar refractivity (Wildman–Crippen MR) is 115 cm³/mol. The van der Waals surface area contributed by atoms with Crippen molar-refractivity contribution in [1.82, 2.24) is 14.8 Å². The highest BCUT2D eigenvalue weighted by atomic mass is 19.1. The number of nitrogen functional groups attached to an aromatic ring is 1. The fourth-order valence-corrected chi connectivity index (χ4v) is 2.01. The van der Waals surface area contributed by atoms with E-state index in [1.165, 1.54) is 47.4 Å². The minimum absolute atomic E-state index is 0.0174. The molecule has 11 heteroatoms. The molecular formula is C22H23F2N5O4. The van der Waals surface area contributed by atoms with Crippen molar-refractivity contribution in [3.63, 3.8) is 0 Å². The average Bonchev–Trinajstić information content (AvgIpc) is 3.28. The molecule has 174 valence electrons. The van der Waals surface area contributed by atoms with Gasteiger partial charge in [0.1, 0.15) is 24.4 Å². The Bertz CT molecular complexity index is 1030. The van der Waals surface area contributed by atoms with Crippen LogP contribution < -0.4 is 5.73 Å². The first-order valence-corrected chi connectivity index (χ1v) is 9.69. The summed E-state index contributed by atoms with van der Waals surface area (Å²) in [6, 6.07) is 13.1. The number of nitriles is 1. The number of carbonyl (C=O) groups is 2. The maximum absolute atomic E-state index is 12.7. The molecule has 33 heavy (non-hydrogen) atoms. The lowest BCUT2D eigenvalue weighted by Gasteiger charge is -1.99. The van der Waals surface area contributed by atoms with E-state index in [4.69, 9.17) is 15.7 Å². The predicted octanol–water partition coefficient (Wildman–Crippen LogP) is 3.45. The van der Waals surface area contributed by atoms with Gasteiger partial charge >= 0.3 is 11.9 Å². The summed E-state index contributed by atoms with van der Waals surface area (Å²) in [7, 11) is 0. The quantitative estimate of drug-likeness (QED) is 0.453. The summed E-state index contributed by atoms with van der Waals surface area (Å²) in [6.07, 6.45) is 1.23. The van der Waals surface area contributed by atoms with Gasteiger partial charge in [0.2, 0.25) is 0 Å². The molecule has 0 saturated heterocycles. The molecule has 3 aromatic rings. The molecule has 0 fully saturated rings. The number of nitrogens with two attached hydrogens (primary N) is 1. The maximum atomic E-state index is 12.7. The second kappa shape index (κ2) is 14.6. The Labute approximate surface area is 189 Å². The van der Waals surface area contributed by atoms with Gasteiger partial charge in [-0.3, -0.25) is 4.79 Å². The summed E-state index contributed by atoms with van der Waals surface area (Å²) in [5.41, 5.74) is 6.47. The van der Waals surface area contributed by atoms with Crippen LogP contribution in [0.15, 0.2) is 54.9 Å². The Morgan fingerprint density at radius 3 is 2.03 bits per heavy atom. The number of anilines is 1. The highest BCUT2D eigenvalue weighted by molar-refractivity contribution is 5.84. The summed E-state index contributed by atoms with van der Waals surface area (Å²) in [5.74, 6) is -1.63. The SMILES string of the molecule is CCOC(=O)CC#N.CCOC(=O)c1ncn(-c2ccc(F)cc2)n1.Nc1ccc(F)cc1. The smallest absolute Gasteiger partial charge is 0.378 e. The van der Waals surface area contributed by atoms with Crippen LogP contribution in [-0.4, -0.2) is 39.9 Å². The van der Waals surface area contributed by atoms with Gasteiger partial charge in [-0.05, 0) is 62.4 Å². The van der Waals surface area contributed by atoms with Crippen LogP contribution in [0.4, 0.5) is 14.5 Å². The number of halogens is 2. The van der Waals surface area contributed by atoms with E-state index in [0.717, 1.165) is 0 Å². The van der Waals surface area contributed by atoms with Gasteiger partial charge in [0.15, 0.2) is 0 Å². The molecule has 3 rings (SSSR count). The molecule has 0 bridgehead atoms. The van der Waals surface area contributed by atoms with Crippen LogP contribution in [0.25, 0.3) is 5.69 Å². The zero-order valence-corrected chi connectivity index (χ0v) is 18.1. The summed E-state index contributed by atoms with van der Waals surface area (Å²) >= 11 is 0. The largest absolute Gasteiger partial charge is 0.465 e. The molecule has 0 atom stereocenters. The van der Waals surface area contributed by atoms with E-state index in [0.29, 0.717) is 18.0 Å². The van der Waals surface area contributed by atoms with Crippen LogP contribution in [0.5, 0.6) is 0 Å². The topological polar surface area (TPSA) is 133 Å². The summed E-state index contributed by atoms with van der Waals surface area (Å²) < 4.78 is 35.3. The number of carbonyl (C=O) groups excluding carboxylic acids is 2. The Morgan fingerprint density at radius 1 is 1.00 bits per heavy atom. The number of aromatic nitrogens is 3. The molecule has 1 heterocycles. The molecule has 2 aromatic carbocycles. The standard InChI is InChI=1S/C11H10FN3O2.C6H6FN.C5H7NO2/c1-2-17-11(16)10-13-7-15(14-10)9-5-3-8(12)4-6-9;7-5-1-3-6(8)4-2-5;1-2-8-5(7)3-4-6/h3-7H,2H2,1H3;1-4H,8H2;2-3H2,1H3. The van der Waals surface area contributed by atoms with E-state index < -0.39 is 11.9 Å². The van der Waals surface area contributed by atoms with Crippen LogP contribution in [0, 0.1) is 23.0 Å². The van der Waals surface area contributed by atoms with Crippen LogP contribution in [0.1, 0.15) is 30.9 Å². The van der Waals surface area contributed by atoms with E-state index in [-0.39, 0.29) is 30.5 Å². The van der Waals surface area contributed by atoms with E-state index in [1.54, 1.807) is 32.0 Å². The molecule has 0 saturated carbocycles. The molecule has 0 radical (unpaired) electrons. The van der Waals surface area contributed by atoms with Crippen molar-refractivity contribution in [2.24, 2.45) is 0 Å². The number of hydrogen-bond acceptors (Lipinski definition) is 8. The fourth-order valence-electron chi connectivity index (χ4n) is 2.01. The third kappa shape index (κ3) is 10.5. The normalized spacial score (nSPS) is 9.30. The number of rotatable bonds is 5. The number of ether oxygens (including phenoxy) is 2. The first-order chi connectivity index (χ1) is 15.8. The van der Waals surface area contributed by atoms with Crippen LogP contribution in [-0.2, 0) is 14.3 Å². The highest BCUT2D eigenvalue weighted by Crippen LogP contribution is 2.07. The third-order valence-electron chi connectivity index (χ3n) is 3.44. The first kappa shape index (κ1) is 26.7. The van der Waals surface area contributed by atoms with E-state index in [9.17, 15) is 18.4 Å².